The highest BCUT2D eigenvalue weighted by Gasteiger charge is 2.11. The minimum Gasteiger partial charge on any atom is -0.484 e. The molecule has 0 aliphatic rings. The van der Waals surface area contributed by atoms with Gasteiger partial charge in [0.2, 0.25) is 0 Å². The lowest BCUT2D eigenvalue weighted by Gasteiger charge is -2.13. The van der Waals surface area contributed by atoms with Crippen molar-refractivity contribution in [1.82, 2.24) is 0 Å². The van der Waals surface area contributed by atoms with Crippen molar-refractivity contribution >= 4 is 23.2 Å². The molecule has 0 bridgehead atoms. The van der Waals surface area contributed by atoms with Crippen molar-refractivity contribution in [2.45, 2.75) is 26.7 Å². The highest BCUT2D eigenvalue weighted by atomic mass is 16.5. The van der Waals surface area contributed by atoms with Crippen LogP contribution in [0.15, 0.2) is 72.8 Å². The van der Waals surface area contributed by atoms with Crippen molar-refractivity contribution < 1.29 is 19.1 Å². The zero-order chi connectivity index (χ0) is 22.8. The number of aryl methyl sites for hydroxylation is 2. The van der Waals surface area contributed by atoms with E-state index in [0.29, 0.717) is 22.9 Å². The predicted molar refractivity (Wildman–Crippen MR) is 126 cm³/mol. The van der Waals surface area contributed by atoms with Crippen molar-refractivity contribution in [2.24, 2.45) is 0 Å². The predicted octanol–water partition coefficient (Wildman–Crippen LogP) is 4.85. The van der Waals surface area contributed by atoms with Crippen LogP contribution in [0.25, 0.3) is 0 Å². The van der Waals surface area contributed by atoms with Crippen LogP contribution >= 0.6 is 0 Å². The van der Waals surface area contributed by atoms with E-state index in [1.807, 2.05) is 48.5 Å². The van der Waals surface area contributed by atoms with Crippen LogP contribution in [-0.4, -0.2) is 25.0 Å². The van der Waals surface area contributed by atoms with Crippen molar-refractivity contribution in [1.29, 1.82) is 0 Å². The van der Waals surface area contributed by atoms with E-state index in [2.05, 4.69) is 24.5 Å². The fraction of sp³-hybridized carbons (Fsp3) is 0.231. The molecule has 0 spiro atoms. The summed E-state index contributed by atoms with van der Waals surface area (Å²) >= 11 is 0. The van der Waals surface area contributed by atoms with Gasteiger partial charge in [-0.3, -0.25) is 9.59 Å². The first-order chi connectivity index (χ1) is 15.6. The van der Waals surface area contributed by atoms with Crippen molar-refractivity contribution in [3.8, 4) is 11.5 Å². The maximum absolute atomic E-state index is 12.4. The van der Waals surface area contributed by atoms with Gasteiger partial charge in [0.15, 0.2) is 13.2 Å². The lowest BCUT2D eigenvalue weighted by Crippen LogP contribution is -2.23. The van der Waals surface area contributed by atoms with Crippen molar-refractivity contribution in [3.05, 3.63) is 83.9 Å². The van der Waals surface area contributed by atoms with Gasteiger partial charge >= 0.3 is 0 Å². The van der Waals surface area contributed by atoms with Crippen LogP contribution in [0.4, 0.5) is 11.4 Å². The highest BCUT2D eigenvalue weighted by Crippen LogP contribution is 2.21. The molecular weight excluding hydrogens is 404 g/mol. The summed E-state index contributed by atoms with van der Waals surface area (Å²) in [6.07, 6.45) is 1.79. The fourth-order valence-electron chi connectivity index (χ4n) is 3.08. The van der Waals surface area contributed by atoms with Gasteiger partial charge < -0.3 is 20.1 Å². The largest absolute Gasteiger partial charge is 0.484 e. The number of amides is 2. The number of hydrogen-bond acceptors (Lipinski definition) is 4. The van der Waals surface area contributed by atoms with Gasteiger partial charge in [0.05, 0.1) is 11.4 Å². The summed E-state index contributed by atoms with van der Waals surface area (Å²) in [5.74, 6) is 0.651. The van der Waals surface area contributed by atoms with E-state index < -0.39 is 0 Å². The summed E-state index contributed by atoms with van der Waals surface area (Å²) in [7, 11) is 0. The van der Waals surface area contributed by atoms with Gasteiger partial charge in [0, 0.05) is 0 Å². The Bertz CT molecular complexity index is 980. The van der Waals surface area contributed by atoms with E-state index in [1.165, 1.54) is 0 Å². The third kappa shape index (κ3) is 6.87. The summed E-state index contributed by atoms with van der Waals surface area (Å²) in [5, 5.41) is 5.57. The van der Waals surface area contributed by atoms with Crippen LogP contribution in [0, 0.1) is 0 Å². The van der Waals surface area contributed by atoms with Crippen LogP contribution in [0.3, 0.4) is 0 Å². The standard InChI is InChI=1S/C26H28N2O4/c1-3-19-9-7-11-21(15-19)31-17-25(29)27-23-13-5-6-14-24(23)28-26(30)18-32-22-12-8-10-20(4-2)16-22/h5-16H,3-4,17-18H2,1-2H3,(H,27,29)(H,28,30). The second kappa shape index (κ2) is 11.6. The SMILES string of the molecule is CCc1cccc(OCC(=O)Nc2ccccc2NC(=O)COc2cccc(CC)c2)c1. The Morgan fingerprint density at radius 3 is 1.50 bits per heavy atom. The minimum atomic E-state index is -0.318. The molecule has 0 saturated heterocycles. The zero-order valence-corrected chi connectivity index (χ0v) is 18.4. The Morgan fingerprint density at radius 1 is 0.656 bits per heavy atom. The molecular formula is C26H28N2O4. The maximum atomic E-state index is 12.4. The smallest absolute Gasteiger partial charge is 0.262 e. The lowest BCUT2D eigenvalue weighted by atomic mass is 10.2. The molecule has 3 rings (SSSR count). The molecule has 166 valence electrons. The average Bonchev–Trinajstić information content (AvgIpc) is 2.83. The van der Waals surface area contributed by atoms with Gasteiger partial charge in [-0.05, 0) is 60.4 Å². The second-order valence-corrected chi connectivity index (χ2v) is 7.22. The number of ether oxygens (including phenoxy) is 2. The molecule has 0 aliphatic heterocycles. The Hall–Kier alpha value is -3.80. The summed E-state index contributed by atoms with van der Waals surface area (Å²) < 4.78 is 11.2. The van der Waals surface area contributed by atoms with Gasteiger partial charge in [0.1, 0.15) is 11.5 Å². The number of carbonyl (C=O) groups is 2. The molecule has 2 amide bonds. The Labute approximate surface area is 188 Å². The molecule has 0 radical (unpaired) electrons. The minimum absolute atomic E-state index is 0.133. The van der Waals surface area contributed by atoms with E-state index in [4.69, 9.17) is 9.47 Å². The molecule has 2 N–H and O–H groups in total. The van der Waals surface area contributed by atoms with Gasteiger partial charge in [-0.2, -0.15) is 0 Å². The molecule has 3 aromatic rings. The molecule has 0 heterocycles. The van der Waals surface area contributed by atoms with E-state index in [1.54, 1.807) is 24.3 Å². The van der Waals surface area contributed by atoms with Gasteiger partial charge in [0.25, 0.3) is 11.8 Å². The van der Waals surface area contributed by atoms with E-state index in [0.717, 1.165) is 24.0 Å². The number of benzene rings is 3. The Morgan fingerprint density at radius 2 is 1.09 bits per heavy atom. The van der Waals surface area contributed by atoms with E-state index in [9.17, 15) is 9.59 Å². The first-order valence-corrected chi connectivity index (χ1v) is 10.7. The van der Waals surface area contributed by atoms with Crippen molar-refractivity contribution in [2.75, 3.05) is 23.8 Å². The Kier molecular flexibility index (Phi) is 8.26. The summed E-state index contributed by atoms with van der Waals surface area (Å²) in [6.45, 7) is 3.85. The molecule has 0 saturated carbocycles. The molecule has 3 aromatic carbocycles. The normalized spacial score (nSPS) is 10.3. The topological polar surface area (TPSA) is 76.7 Å². The Balaban J connectivity index is 1.54. The fourth-order valence-corrected chi connectivity index (χ4v) is 3.08. The summed E-state index contributed by atoms with van der Waals surface area (Å²) in [4.78, 5) is 24.8. The van der Waals surface area contributed by atoms with Gasteiger partial charge in [-0.25, -0.2) is 0 Å². The van der Waals surface area contributed by atoms with E-state index >= 15 is 0 Å². The molecule has 0 unspecified atom stereocenters. The number of nitrogens with one attached hydrogen (secondary N) is 2. The summed E-state index contributed by atoms with van der Waals surface area (Å²) in [6, 6.07) is 22.3. The third-order valence-electron chi connectivity index (χ3n) is 4.83. The van der Waals surface area contributed by atoms with E-state index in [-0.39, 0.29) is 25.0 Å². The number of hydrogen-bond donors (Lipinski definition) is 2. The summed E-state index contributed by atoms with van der Waals surface area (Å²) in [5.41, 5.74) is 3.26. The first kappa shape index (κ1) is 22.9. The number of anilines is 2. The molecule has 0 fully saturated rings. The van der Waals surface area contributed by atoms with Crippen LogP contribution in [-0.2, 0) is 22.4 Å². The van der Waals surface area contributed by atoms with Gasteiger partial charge in [-0.1, -0.05) is 50.2 Å². The van der Waals surface area contributed by atoms with Crippen LogP contribution in [0.1, 0.15) is 25.0 Å². The third-order valence-corrected chi connectivity index (χ3v) is 4.83. The first-order valence-electron chi connectivity index (χ1n) is 10.7. The molecule has 6 heteroatoms. The molecule has 0 atom stereocenters. The zero-order valence-electron chi connectivity index (χ0n) is 18.4. The van der Waals surface area contributed by atoms with Crippen molar-refractivity contribution in [3.63, 3.8) is 0 Å². The highest BCUT2D eigenvalue weighted by molar-refractivity contribution is 6.00. The molecule has 0 aromatic heterocycles. The number of carbonyl (C=O) groups excluding carboxylic acids is 2. The van der Waals surface area contributed by atoms with Crippen LogP contribution in [0.5, 0.6) is 11.5 Å². The van der Waals surface area contributed by atoms with Crippen LogP contribution in [0.2, 0.25) is 0 Å². The quantitative estimate of drug-likeness (QED) is 0.480. The molecule has 0 aliphatic carbocycles. The molecule has 6 nitrogen and oxygen atoms in total. The lowest BCUT2D eigenvalue weighted by molar-refractivity contribution is -0.119. The maximum Gasteiger partial charge on any atom is 0.262 e. The molecule has 32 heavy (non-hydrogen) atoms. The monoisotopic (exact) mass is 432 g/mol. The second-order valence-electron chi connectivity index (χ2n) is 7.22. The number of para-hydroxylation sites is 2. The van der Waals surface area contributed by atoms with Gasteiger partial charge in [-0.15, -0.1) is 0 Å². The number of rotatable bonds is 10. The average molecular weight is 433 g/mol. The van der Waals surface area contributed by atoms with Crippen LogP contribution < -0.4 is 20.1 Å².